The van der Waals surface area contributed by atoms with Crippen molar-refractivity contribution in [3.63, 3.8) is 0 Å². The van der Waals surface area contributed by atoms with Crippen molar-refractivity contribution >= 4 is 22.7 Å². The molecule has 1 amide bonds. The number of rotatable bonds is 5. The first-order chi connectivity index (χ1) is 12.0. The van der Waals surface area contributed by atoms with Crippen LogP contribution in [0.3, 0.4) is 0 Å². The monoisotopic (exact) mass is 341 g/mol. The third-order valence-corrected chi connectivity index (χ3v) is 3.84. The van der Waals surface area contributed by atoms with Crippen molar-refractivity contribution in [1.82, 2.24) is 9.88 Å². The van der Waals surface area contributed by atoms with Gasteiger partial charge >= 0.3 is 5.76 Å². The number of nitro groups is 1. The number of carbonyl (C=O) groups is 1. The number of aromatic nitrogens is 1. The maximum atomic E-state index is 12.2. The maximum absolute atomic E-state index is 12.2. The van der Waals surface area contributed by atoms with E-state index in [2.05, 4.69) is 5.32 Å². The molecule has 0 saturated heterocycles. The van der Waals surface area contributed by atoms with Crippen LogP contribution in [0.4, 0.5) is 5.69 Å². The molecule has 1 N–H and O–H groups in total. The van der Waals surface area contributed by atoms with Gasteiger partial charge in [0.05, 0.1) is 22.5 Å². The van der Waals surface area contributed by atoms with Crippen molar-refractivity contribution in [2.24, 2.45) is 0 Å². The Hall–Kier alpha value is -3.42. The molecule has 25 heavy (non-hydrogen) atoms. The van der Waals surface area contributed by atoms with E-state index in [-0.39, 0.29) is 29.8 Å². The SMILES string of the molecule is C[C@H](NC(=O)Cn1c(=O)oc2cc([N+](=O)[O-])ccc21)c1ccccc1. The summed E-state index contributed by atoms with van der Waals surface area (Å²) in [6, 6.07) is 13.0. The number of nitrogens with zero attached hydrogens (tertiary/aromatic N) is 2. The van der Waals surface area contributed by atoms with E-state index in [0.717, 1.165) is 16.2 Å². The lowest BCUT2D eigenvalue weighted by Gasteiger charge is -2.14. The lowest BCUT2D eigenvalue weighted by molar-refractivity contribution is -0.384. The van der Waals surface area contributed by atoms with Gasteiger partial charge in [0.1, 0.15) is 6.54 Å². The Balaban J connectivity index is 1.80. The van der Waals surface area contributed by atoms with Crippen LogP contribution in [0.1, 0.15) is 18.5 Å². The lowest BCUT2D eigenvalue weighted by atomic mass is 10.1. The first kappa shape index (κ1) is 16.4. The average molecular weight is 341 g/mol. The van der Waals surface area contributed by atoms with Crippen molar-refractivity contribution in [2.45, 2.75) is 19.5 Å². The molecule has 3 rings (SSSR count). The molecule has 0 aliphatic rings. The summed E-state index contributed by atoms with van der Waals surface area (Å²) in [4.78, 5) is 34.4. The van der Waals surface area contributed by atoms with Crippen molar-refractivity contribution in [1.29, 1.82) is 0 Å². The van der Waals surface area contributed by atoms with E-state index in [1.165, 1.54) is 12.1 Å². The molecule has 1 aromatic heterocycles. The fourth-order valence-electron chi connectivity index (χ4n) is 2.57. The average Bonchev–Trinajstić information content (AvgIpc) is 2.90. The molecule has 1 atom stereocenters. The molecular formula is C17H15N3O5. The molecule has 3 aromatic rings. The van der Waals surface area contributed by atoms with Gasteiger partial charge in [-0.2, -0.15) is 0 Å². The second kappa shape index (κ2) is 6.60. The van der Waals surface area contributed by atoms with Gasteiger partial charge in [-0.25, -0.2) is 4.79 Å². The van der Waals surface area contributed by atoms with Crippen LogP contribution in [-0.4, -0.2) is 15.4 Å². The van der Waals surface area contributed by atoms with E-state index in [1.54, 1.807) is 0 Å². The minimum absolute atomic E-state index is 0.0723. The van der Waals surface area contributed by atoms with Gasteiger partial charge in [0, 0.05) is 6.07 Å². The van der Waals surface area contributed by atoms with E-state index < -0.39 is 10.7 Å². The summed E-state index contributed by atoms with van der Waals surface area (Å²) in [5, 5.41) is 13.6. The van der Waals surface area contributed by atoms with Crippen LogP contribution in [0.25, 0.3) is 11.1 Å². The molecular weight excluding hydrogens is 326 g/mol. The Labute approximate surface area is 141 Å². The zero-order valence-electron chi connectivity index (χ0n) is 13.3. The van der Waals surface area contributed by atoms with Crippen molar-refractivity contribution in [3.8, 4) is 0 Å². The minimum Gasteiger partial charge on any atom is -0.407 e. The molecule has 1 heterocycles. The molecule has 0 bridgehead atoms. The number of hydrogen-bond acceptors (Lipinski definition) is 5. The van der Waals surface area contributed by atoms with Crippen LogP contribution < -0.4 is 11.1 Å². The number of nitrogens with one attached hydrogen (secondary N) is 1. The topological polar surface area (TPSA) is 107 Å². The number of fused-ring (bicyclic) bond motifs is 1. The van der Waals surface area contributed by atoms with Gasteiger partial charge in [0.2, 0.25) is 5.91 Å². The van der Waals surface area contributed by atoms with Crippen molar-refractivity contribution in [3.05, 3.63) is 74.8 Å². The van der Waals surface area contributed by atoms with Crippen LogP contribution in [0.5, 0.6) is 0 Å². The van der Waals surface area contributed by atoms with Crippen molar-refractivity contribution < 1.29 is 14.1 Å². The van der Waals surface area contributed by atoms with Gasteiger partial charge in [-0.3, -0.25) is 19.5 Å². The summed E-state index contributed by atoms with van der Waals surface area (Å²) in [5.41, 5.74) is 1.16. The van der Waals surface area contributed by atoms with E-state index in [9.17, 15) is 19.7 Å². The van der Waals surface area contributed by atoms with Crippen LogP contribution in [0, 0.1) is 10.1 Å². The van der Waals surface area contributed by atoms with Crippen LogP contribution >= 0.6 is 0 Å². The number of carbonyl (C=O) groups excluding carboxylic acids is 1. The van der Waals surface area contributed by atoms with Gasteiger partial charge < -0.3 is 9.73 Å². The molecule has 0 radical (unpaired) electrons. The lowest BCUT2D eigenvalue weighted by Crippen LogP contribution is -2.32. The van der Waals surface area contributed by atoms with E-state index in [4.69, 9.17) is 4.42 Å². The molecule has 2 aromatic carbocycles. The number of oxazole rings is 1. The van der Waals surface area contributed by atoms with Gasteiger partial charge in [-0.1, -0.05) is 30.3 Å². The van der Waals surface area contributed by atoms with Crippen LogP contribution in [-0.2, 0) is 11.3 Å². The molecule has 0 unspecified atom stereocenters. The van der Waals surface area contributed by atoms with Gasteiger partial charge in [-0.15, -0.1) is 0 Å². The van der Waals surface area contributed by atoms with Gasteiger partial charge in [-0.05, 0) is 18.6 Å². The number of amides is 1. The highest BCUT2D eigenvalue weighted by Gasteiger charge is 2.17. The Morgan fingerprint density at radius 3 is 2.68 bits per heavy atom. The quantitative estimate of drug-likeness (QED) is 0.566. The first-order valence-electron chi connectivity index (χ1n) is 7.58. The van der Waals surface area contributed by atoms with Crippen LogP contribution in [0.2, 0.25) is 0 Å². The predicted molar refractivity (Wildman–Crippen MR) is 90.1 cm³/mol. The number of benzene rings is 2. The molecule has 0 aliphatic heterocycles. The Morgan fingerprint density at radius 2 is 2.00 bits per heavy atom. The largest absolute Gasteiger partial charge is 0.420 e. The van der Waals surface area contributed by atoms with Crippen LogP contribution in [0.15, 0.2) is 57.7 Å². The smallest absolute Gasteiger partial charge is 0.407 e. The third-order valence-electron chi connectivity index (χ3n) is 3.84. The highest BCUT2D eigenvalue weighted by Crippen LogP contribution is 2.20. The molecule has 128 valence electrons. The Morgan fingerprint density at radius 1 is 1.28 bits per heavy atom. The number of hydrogen-bond donors (Lipinski definition) is 1. The molecule has 0 spiro atoms. The second-order valence-corrected chi connectivity index (χ2v) is 5.56. The van der Waals surface area contributed by atoms with Gasteiger partial charge in [0.25, 0.3) is 5.69 Å². The summed E-state index contributed by atoms with van der Waals surface area (Å²) in [5.74, 6) is -1.10. The summed E-state index contributed by atoms with van der Waals surface area (Å²) < 4.78 is 6.15. The maximum Gasteiger partial charge on any atom is 0.420 e. The predicted octanol–water partition coefficient (Wildman–Crippen LogP) is 2.38. The molecule has 0 aliphatic carbocycles. The molecule has 0 fully saturated rings. The Bertz CT molecular complexity index is 990. The highest BCUT2D eigenvalue weighted by molar-refractivity contribution is 5.80. The summed E-state index contributed by atoms with van der Waals surface area (Å²) in [7, 11) is 0. The van der Waals surface area contributed by atoms with Crippen molar-refractivity contribution in [2.75, 3.05) is 0 Å². The number of non-ortho nitro benzene ring substituents is 1. The first-order valence-corrected chi connectivity index (χ1v) is 7.58. The van der Waals surface area contributed by atoms with E-state index in [0.29, 0.717) is 5.52 Å². The molecule has 8 nitrogen and oxygen atoms in total. The van der Waals surface area contributed by atoms with E-state index >= 15 is 0 Å². The van der Waals surface area contributed by atoms with Gasteiger partial charge in [0.15, 0.2) is 5.58 Å². The molecule has 8 heteroatoms. The Kier molecular flexibility index (Phi) is 4.34. The zero-order chi connectivity index (χ0) is 18.0. The highest BCUT2D eigenvalue weighted by atomic mass is 16.6. The van der Waals surface area contributed by atoms with E-state index in [1.807, 2.05) is 37.3 Å². The fourth-order valence-corrected chi connectivity index (χ4v) is 2.57. The zero-order valence-corrected chi connectivity index (χ0v) is 13.3. The number of nitro benzene ring substituents is 1. The fraction of sp³-hybridized carbons (Fsp3) is 0.176. The third kappa shape index (κ3) is 3.42. The normalized spacial score (nSPS) is 12.0. The summed E-state index contributed by atoms with van der Waals surface area (Å²) in [6.45, 7) is 1.60. The summed E-state index contributed by atoms with van der Waals surface area (Å²) in [6.07, 6.45) is 0. The molecule has 0 saturated carbocycles. The summed E-state index contributed by atoms with van der Waals surface area (Å²) >= 11 is 0. The standard InChI is InChI=1S/C17H15N3O5/c1-11(12-5-3-2-4-6-12)18-16(21)10-19-14-8-7-13(20(23)24)9-15(14)25-17(19)22/h2-9,11H,10H2,1H3,(H,18,21)/t11-/m0/s1. The second-order valence-electron chi connectivity index (χ2n) is 5.56. The minimum atomic E-state index is -0.738.